The number of nitrogens with zero attached hydrogens (tertiary/aromatic N) is 4. The van der Waals surface area contributed by atoms with E-state index in [-0.39, 0.29) is 0 Å². The van der Waals surface area contributed by atoms with Gasteiger partial charge in [-0.2, -0.15) is 10.2 Å². The fourth-order valence-corrected chi connectivity index (χ4v) is 1.67. The van der Waals surface area contributed by atoms with Crippen LogP contribution in [0.25, 0.3) is 0 Å². The monoisotopic (exact) mass is 239 g/mol. The highest BCUT2D eigenvalue weighted by Crippen LogP contribution is 2.00. The van der Waals surface area contributed by atoms with Gasteiger partial charge in [-0.25, -0.2) is 0 Å². The first-order valence-corrected chi connectivity index (χ1v) is 5.32. The van der Waals surface area contributed by atoms with Crippen LogP contribution in [-0.2, 0) is 17.8 Å². The Hall–Kier alpha value is -1.47. The second-order valence-electron chi connectivity index (χ2n) is 3.29. The molecule has 2 rings (SSSR count). The van der Waals surface area contributed by atoms with E-state index in [0.29, 0.717) is 24.5 Å². The summed E-state index contributed by atoms with van der Waals surface area (Å²) in [6, 6.07) is 1.88. The summed E-state index contributed by atoms with van der Waals surface area (Å²) in [5.41, 5.74) is 0. The number of rotatable bonds is 5. The SMILES string of the molecule is COCCn1c(Cn2cccn2)n[nH]c1=S. The molecule has 86 valence electrons. The lowest BCUT2D eigenvalue weighted by molar-refractivity contribution is 0.185. The summed E-state index contributed by atoms with van der Waals surface area (Å²) < 4.78 is 9.36. The zero-order chi connectivity index (χ0) is 11.4. The lowest BCUT2D eigenvalue weighted by atomic mass is 10.5. The third-order valence-corrected chi connectivity index (χ3v) is 2.53. The molecule has 0 aliphatic heterocycles. The molecule has 0 atom stereocenters. The number of nitrogens with one attached hydrogen (secondary N) is 1. The molecular weight excluding hydrogens is 226 g/mol. The number of ether oxygens (including phenoxy) is 1. The van der Waals surface area contributed by atoms with E-state index >= 15 is 0 Å². The van der Waals surface area contributed by atoms with Crippen molar-refractivity contribution in [1.29, 1.82) is 0 Å². The first-order chi connectivity index (χ1) is 7.81. The van der Waals surface area contributed by atoms with Gasteiger partial charge in [0.2, 0.25) is 0 Å². The molecule has 1 N–H and O–H groups in total. The van der Waals surface area contributed by atoms with Gasteiger partial charge in [0.1, 0.15) is 6.54 Å². The summed E-state index contributed by atoms with van der Waals surface area (Å²) in [6.45, 7) is 1.91. The van der Waals surface area contributed by atoms with Crippen LogP contribution in [0.2, 0.25) is 0 Å². The Morgan fingerprint density at radius 3 is 3.12 bits per heavy atom. The van der Waals surface area contributed by atoms with Crippen molar-refractivity contribution in [2.75, 3.05) is 13.7 Å². The Morgan fingerprint density at radius 1 is 1.56 bits per heavy atom. The molecule has 0 aliphatic rings. The Labute approximate surface area is 97.9 Å². The van der Waals surface area contributed by atoms with Crippen molar-refractivity contribution in [3.8, 4) is 0 Å². The molecule has 2 aromatic heterocycles. The zero-order valence-corrected chi connectivity index (χ0v) is 9.78. The molecule has 0 amide bonds. The second kappa shape index (κ2) is 5.04. The normalized spacial score (nSPS) is 10.8. The molecule has 0 fully saturated rings. The molecule has 0 saturated carbocycles. The van der Waals surface area contributed by atoms with E-state index in [2.05, 4.69) is 15.3 Å². The van der Waals surface area contributed by atoms with Crippen LogP contribution >= 0.6 is 12.2 Å². The van der Waals surface area contributed by atoms with Gasteiger partial charge in [-0.3, -0.25) is 9.78 Å². The van der Waals surface area contributed by atoms with E-state index in [1.807, 2.05) is 16.8 Å². The third kappa shape index (κ3) is 2.37. The summed E-state index contributed by atoms with van der Waals surface area (Å²) >= 11 is 5.14. The second-order valence-corrected chi connectivity index (χ2v) is 3.68. The van der Waals surface area contributed by atoms with Crippen LogP contribution < -0.4 is 0 Å². The van der Waals surface area contributed by atoms with Crippen molar-refractivity contribution in [2.45, 2.75) is 13.1 Å². The maximum absolute atomic E-state index is 5.14. The summed E-state index contributed by atoms with van der Waals surface area (Å²) in [5, 5.41) is 11.1. The molecule has 0 saturated heterocycles. The molecule has 0 radical (unpaired) electrons. The third-order valence-electron chi connectivity index (χ3n) is 2.22. The minimum atomic E-state index is 0.601. The first-order valence-electron chi connectivity index (χ1n) is 4.91. The maximum atomic E-state index is 5.14. The van der Waals surface area contributed by atoms with Gasteiger partial charge in [0.25, 0.3) is 0 Å². The van der Waals surface area contributed by atoms with Gasteiger partial charge >= 0.3 is 0 Å². The number of aromatic amines is 1. The summed E-state index contributed by atoms with van der Waals surface area (Å²) in [5.74, 6) is 0.853. The highest BCUT2D eigenvalue weighted by Gasteiger charge is 2.06. The molecule has 0 aromatic carbocycles. The van der Waals surface area contributed by atoms with Crippen molar-refractivity contribution < 1.29 is 4.74 Å². The number of methoxy groups -OCH3 is 1. The molecular formula is C9H13N5OS. The number of H-pyrrole nitrogens is 1. The van der Waals surface area contributed by atoms with Gasteiger partial charge in [-0.15, -0.1) is 0 Å². The Kier molecular flexibility index (Phi) is 3.47. The van der Waals surface area contributed by atoms with E-state index in [4.69, 9.17) is 17.0 Å². The van der Waals surface area contributed by atoms with Crippen molar-refractivity contribution in [3.63, 3.8) is 0 Å². The van der Waals surface area contributed by atoms with Crippen molar-refractivity contribution in [1.82, 2.24) is 24.5 Å². The Bertz CT molecular complexity index is 486. The molecule has 2 aromatic rings. The Morgan fingerprint density at radius 2 is 2.44 bits per heavy atom. The van der Waals surface area contributed by atoms with E-state index in [1.54, 1.807) is 18.0 Å². The molecule has 0 unspecified atom stereocenters. The van der Waals surface area contributed by atoms with Crippen LogP contribution in [0.5, 0.6) is 0 Å². The summed E-state index contributed by atoms with van der Waals surface area (Å²) in [6.07, 6.45) is 3.62. The first kappa shape index (κ1) is 11.0. The molecule has 0 bridgehead atoms. The van der Waals surface area contributed by atoms with Crippen LogP contribution in [0.3, 0.4) is 0 Å². The fraction of sp³-hybridized carbons (Fsp3) is 0.444. The van der Waals surface area contributed by atoms with E-state index < -0.39 is 0 Å². The van der Waals surface area contributed by atoms with Crippen molar-refractivity contribution >= 4 is 12.2 Å². The quantitative estimate of drug-likeness (QED) is 0.785. The molecule has 6 nitrogen and oxygen atoms in total. The van der Waals surface area contributed by atoms with Crippen LogP contribution in [0.4, 0.5) is 0 Å². The molecule has 0 aliphatic carbocycles. The van der Waals surface area contributed by atoms with Gasteiger partial charge in [-0.1, -0.05) is 0 Å². The van der Waals surface area contributed by atoms with Crippen molar-refractivity contribution in [2.24, 2.45) is 0 Å². The van der Waals surface area contributed by atoms with Crippen LogP contribution in [-0.4, -0.2) is 38.3 Å². The van der Waals surface area contributed by atoms with Crippen molar-refractivity contribution in [3.05, 3.63) is 29.1 Å². The Balaban J connectivity index is 2.17. The van der Waals surface area contributed by atoms with E-state index in [0.717, 1.165) is 5.82 Å². The van der Waals surface area contributed by atoms with Gasteiger partial charge in [0, 0.05) is 19.5 Å². The molecule has 16 heavy (non-hydrogen) atoms. The highest BCUT2D eigenvalue weighted by molar-refractivity contribution is 7.71. The van der Waals surface area contributed by atoms with Crippen LogP contribution in [0, 0.1) is 4.77 Å². The largest absolute Gasteiger partial charge is 0.383 e. The van der Waals surface area contributed by atoms with Gasteiger partial charge < -0.3 is 9.30 Å². The minimum absolute atomic E-state index is 0.601. The predicted molar refractivity (Wildman–Crippen MR) is 60.6 cm³/mol. The smallest absolute Gasteiger partial charge is 0.195 e. The number of aromatic nitrogens is 5. The van der Waals surface area contributed by atoms with Gasteiger partial charge in [0.05, 0.1) is 13.2 Å². The molecule has 7 heteroatoms. The van der Waals surface area contributed by atoms with Crippen LogP contribution in [0.15, 0.2) is 18.5 Å². The van der Waals surface area contributed by atoms with Gasteiger partial charge in [0.15, 0.2) is 10.6 Å². The predicted octanol–water partition coefficient (Wildman–Crippen LogP) is 0.832. The average Bonchev–Trinajstić information content (AvgIpc) is 2.88. The van der Waals surface area contributed by atoms with E-state index in [9.17, 15) is 0 Å². The molecule has 0 spiro atoms. The average molecular weight is 239 g/mol. The number of hydrogen-bond acceptors (Lipinski definition) is 4. The zero-order valence-electron chi connectivity index (χ0n) is 8.96. The number of hydrogen-bond donors (Lipinski definition) is 1. The lowest BCUT2D eigenvalue weighted by Crippen LogP contribution is -2.12. The minimum Gasteiger partial charge on any atom is -0.383 e. The van der Waals surface area contributed by atoms with Gasteiger partial charge in [-0.05, 0) is 18.3 Å². The van der Waals surface area contributed by atoms with Crippen LogP contribution in [0.1, 0.15) is 5.82 Å². The summed E-state index contributed by atoms with van der Waals surface area (Å²) in [4.78, 5) is 0. The standard InChI is InChI=1S/C9H13N5OS/c1-15-6-5-14-8(11-12-9(14)16)7-13-4-2-3-10-13/h2-4H,5-7H2,1H3,(H,12,16). The van der Waals surface area contributed by atoms with E-state index in [1.165, 1.54) is 0 Å². The maximum Gasteiger partial charge on any atom is 0.195 e. The fourth-order valence-electron chi connectivity index (χ4n) is 1.42. The topological polar surface area (TPSA) is 60.7 Å². The lowest BCUT2D eigenvalue weighted by Gasteiger charge is -2.05. The summed E-state index contributed by atoms with van der Waals surface area (Å²) in [7, 11) is 1.66. The molecule has 2 heterocycles. The highest BCUT2D eigenvalue weighted by atomic mass is 32.1.